The molecular weight excluding hydrogens is 544 g/mol. The van der Waals surface area contributed by atoms with Crippen molar-refractivity contribution in [1.29, 1.82) is 0 Å². The van der Waals surface area contributed by atoms with Gasteiger partial charge in [0.25, 0.3) is 0 Å². The van der Waals surface area contributed by atoms with Crippen LogP contribution in [0.3, 0.4) is 0 Å². The number of alkyl halides is 1. The zero-order valence-corrected chi connectivity index (χ0v) is 23.4. The van der Waals surface area contributed by atoms with Crippen LogP contribution in [0.25, 0.3) is 11.1 Å². The summed E-state index contributed by atoms with van der Waals surface area (Å²) in [6.07, 6.45) is 4.21. The van der Waals surface area contributed by atoms with Gasteiger partial charge in [-0.05, 0) is 101 Å². The van der Waals surface area contributed by atoms with E-state index in [2.05, 4.69) is 29.2 Å². The lowest BCUT2D eigenvalue weighted by molar-refractivity contribution is 0.0696. The van der Waals surface area contributed by atoms with Crippen molar-refractivity contribution < 1.29 is 14.3 Å². The summed E-state index contributed by atoms with van der Waals surface area (Å²) in [6.45, 7) is 2.67. The lowest BCUT2D eigenvalue weighted by Crippen LogP contribution is -2.47. The molecule has 3 aromatic rings. The highest BCUT2D eigenvalue weighted by Gasteiger charge is 2.26. The molecule has 0 radical (unpaired) electrons. The number of fused-ring (bicyclic) bond motifs is 1. The molecule has 1 heterocycles. The average molecular weight is 575 g/mol. The molecule has 7 heteroatoms. The first kappa shape index (κ1) is 28.6. The molecule has 0 aromatic heterocycles. The van der Waals surface area contributed by atoms with Crippen molar-refractivity contribution in [2.24, 2.45) is 5.92 Å². The number of aromatic carboxylic acids is 1. The number of carboxylic acid groups (broad SMARTS) is 1. The molecule has 0 saturated carbocycles. The monoisotopic (exact) mass is 573 g/mol. The first-order valence-electron chi connectivity index (χ1n) is 12.9. The van der Waals surface area contributed by atoms with Crippen LogP contribution in [0.15, 0.2) is 60.7 Å². The summed E-state index contributed by atoms with van der Waals surface area (Å²) in [5.74, 6) is -0.296. The second-order valence-corrected chi connectivity index (χ2v) is 10.9. The van der Waals surface area contributed by atoms with Gasteiger partial charge in [0.1, 0.15) is 0 Å². The largest absolute Gasteiger partial charge is 0.478 e. The first-order valence-corrected chi connectivity index (χ1v) is 13.6. The van der Waals surface area contributed by atoms with Gasteiger partial charge in [-0.25, -0.2) is 4.79 Å². The van der Waals surface area contributed by atoms with Crippen LogP contribution in [0.5, 0.6) is 0 Å². The summed E-state index contributed by atoms with van der Waals surface area (Å²) < 4.78 is 12.4. The molecule has 3 aromatic carbocycles. The number of rotatable bonds is 8. The third-order valence-corrected chi connectivity index (χ3v) is 8.21. The summed E-state index contributed by atoms with van der Waals surface area (Å²) in [4.78, 5) is 14.0. The lowest BCUT2D eigenvalue weighted by atomic mass is 9.86. The normalized spacial score (nSPS) is 15.9. The highest BCUT2D eigenvalue weighted by Crippen LogP contribution is 2.41. The Morgan fingerprint density at radius 2 is 1.68 bits per heavy atom. The fourth-order valence-electron chi connectivity index (χ4n) is 5.64. The molecule has 2 aliphatic rings. The Bertz CT molecular complexity index is 1330. The van der Waals surface area contributed by atoms with Crippen LogP contribution in [-0.2, 0) is 12.8 Å². The van der Waals surface area contributed by atoms with Gasteiger partial charge in [0, 0.05) is 19.6 Å². The molecule has 1 aliphatic carbocycles. The van der Waals surface area contributed by atoms with Crippen LogP contribution in [0.4, 0.5) is 4.39 Å². The maximum atomic E-state index is 12.4. The summed E-state index contributed by atoms with van der Waals surface area (Å²) in [5.41, 5.74) is 8.18. The van der Waals surface area contributed by atoms with Crippen LogP contribution in [0, 0.1) is 5.92 Å². The van der Waals surface area contributed by atoms with Crippen molar-refractivity contribution in [2.45, 2.75) is 32.1 Å². The molecule has 0 amide bonds. The standard InChI is InChI=1S/C31H30Cl2FNO2.ClH/c32-28-12-10-24(17-29(28)33)26-4-1-3-23-16-25(31(36)37)9-11-27(23)30(26)22-7-5-20(6-8-22)15-21-18-35(19-21)14-2-13-34;/h5-12,16-17,21H,1-4,13-15,18-19H2,(H,36,37);1H. The Morgan fingerprint density at radius 1 is 0.947 bits per heavy atom. The Balaban J connectivity index is 0.00000336. The van der Waals surface area contributed by atoms with Gasteiger partial charge in [0.2, 0.25) is 0 Å². The van der Waals surface area contributed by atoms with Crippen molar-refractivity contribution in [2.75, 3.05) is 26.3 Å². The molecule has 1 saturated heterocycles. The van der Waals surface area contributed by atoms with Gasteiger partial charge in [-0.15, -0.1) is 12.4 Å². The fourth-order valence-corrected chi connectivity index (χ4v) is 5.93. The number of carbonyl (C=O) groups is 1. The van der Waals surface area contributed by atoms with Crippen LogP contribution in [0.2, 0.25) is 10.0 Å². The predicted octanol–water partition coefficient (Wildman–Crippen LogP) is 8.24. The van der Waals surface area contributed by atoms with E-state index in [1.165, 1.54) is 11.1 Å². The Hall–Kier alpha value is -2.37. The van der Waals surface area contributed by atoms with E-state index in [0.29, 0.717) is 27.9 Å². The smallest absolute Gasteiger partial charge is 0.335 e. The van der Waals surface area contributed by atoms with Gasteiger partial charge in [-0.3, -0.25) is 4.39 Å². The van der Waals surface area contributed by atoms with Gasteiger partial charge in [0.15, 0.2) is 0 Å². The number of likely N-dealkylation sites (tertiary alicyclic amines) is 1. The maximum Gasteiger partial charge on any atom is 0.335 e. The molecule has 1 N–H and O–H groups in total. The average Bonchev–Trinajstić information content (AvgIpc) is 3.06. The summed E-state index contributed by atoms with van der Waals surface area (Å²) in [5, 5.41) is 10.6. The number of benzene rings is 3. The molecule has 0 bridgehead atoms. The van der Waals surface area contributed by atoms with Crippen molar-refractivity contribution in [3.05, 3.63) is 104 Å². The molecule has 5 rings (SSSR count). The van der Waals surface area contributed by atoms with E-state index >= 15 is 0 Å². The minimum atomic E-state index is -0.911. The quantitative estimate of drug-likeness (QED) is 0.294. The number of nitrogens with zero attached hydrogens (tertiary/aromatic N) is 1. The lowest BCUT2D eigenvalue weighted by Gasteiger charge is -2.39. The summed E-state index contributed by atoms with van der Waals surface area (Å²) in [7, 11) is 0. The van der Waals surface area contributed by atoms with E-state index in [9.17, 15) is 14.3 Å². The van der Waals surface area contributed by atoms with Crippen molar-refractivity contribution in [1.82, 2.24) is 4.90 Å². The number of hydrogen-bond acceptors (Lipinski definition) is 2. The zero-order chi connectivity index (χ0) is 25.9. The third kappa shape index (κ3) is 6.26. The SMILES string of the molecule is Cl.O=C(O)c1ccc2c(c1)CCCC(c1ccc(Cl)c(Cl)c1)=C2c1ccc(CC2CN(CCCF)C2)cc1. The molecular formula is C31H31Cl3FNO2. The Morgan fingerprint density at radius 3 is 2.37 bits per heavy atom. The van der Waals surface area contributed by atoms with Crippen LogP contribution in [0.1, 0.15) is 57.4 Å². The van der Waals surface area contributed by atoms with E-state index in [1.54, 1.807) is 6.07 Å². The second-order valence-electron chi connectivity index (χ2n) is 10.1. The van der Waals surface area contributed by atoms with E-state index in [1.807, 2.05) is 30.3 Å². The van der Waals surface area contributed by atoms with Crippen molar-refractivity contribution in [3.63, 3.8) is 0 Å². The molecule has 3 nitrogen and oxygen atoms in total. The van der Waals surface area contributed by atoms with E-state index in [4.69, 9.17) is 23.2 Å². The van der Waals surface area contributed by atoms with Gasteiger partial charge < -0.3 is 10.0 Å². The number of aryl methyl sites for hydroxylation is 1. The van der Waals surface area contributed by atoms with Gasteiger partial charge in [-0.2, -0.15) is 0 Å². The van der Waals surface area contributed by atoms with Gasteiger partial charge in [0.05, 0.1) is 22.3 Å². The van der Waals surface area contributed by atoms with Gasteiger partial charge >= 0.3 is 5.97 Å². The summed E-state index contributed by atoms with van der Waals surface area (Å²) >= 11 is 12.6. The highest BCUT2D eigenvalue weighted by atomic mass is 35.5. The van der Waals surface area contributed by atoms with E-state index < -0.39 is 5.97 Å². The van der Waals surface area contributed by atoms with Crippen LogP contribution >= 0.6 is 35.6 Å². The fraction of sp³-hybridized carbons (Fsp3) is 0.323. The first-order chi connectivity index (χ1) is 17.9. The number of allylic oxidation sites excluding steroid dienone is 1. The molecule has 0 atom stereocenters. The topological polar surface area (TPSA) is 40.5 Å². The number of hydrogen-bond donors (Lipinski definition) is 1. The van der Waals surface area contributed by atoms with Crippen LogP contribution in [-0.4, -0.2) is 42.3 Å². The molecule has 38 heavy (non-hydrogen) atoms. The number of halogens is 4. The highest BCUT2D eigenvalue weighted by molar-refractivity contribution is 6.42. The van der Waals surface area contributed by atoms with Crippen LogP contribution < -0.4 is 0 Å². The summed E-state index contributed by atoms with van der Waals surface area (Å²) in [6, 6.07) is 20.0. The predicted molar refractivity (Wildman–Crippen MR) is 157 cm³/mol. The maximum absolute atomic E-state index is 12.4. The molecule has 1 aliphatic heterocycles. The minimum absolute atomic E-state index is 0. The number of carboxylic acids is 1. The molecule has 200 valence electrons. The second kappa shape index (κ2) is 12.7. The molecule has 0 spiro atoms. The third-order valence-electron chi connectivity index (χ3n) is 7.47. The van der Waals surface area contributed by atoms with Gasteiger partial charge in [-0.1, -0.05) is 59.6 Å². The van der Waals surface area contributed by atoms with E-state index in [-0.39, 0.29) is 19.1 Å². The van der Waals surface area contributed by atoms with Crippen molar-refractivity contribution >= 4 is 52.7 Å². The minimum Gasteiger partial charge on any atom is -0.478 e. The Labute approximate surface area is 239 Å². The zero-order valence-electron chi connectivity index (χ0n) is 21.1. The van der Waals surface area contributed by atoms with E-state index in [0.717, 1.165) is 73.1 Å². The van der Waals surface area contributed by atoms with Crippen molar-refractivity contribution in [3.8, 4) is 0 Å². The Kier molecular flexibility index (Phi) is 9.54. The molecule has 0 unspecified atom stereocenters. The molecule has 1 fully saturated rings.